The van der Waals surface area contributed by atoms with Crippen molar-refractivity contribution in [2.24, 2.45) is 7.05 Å². The summed E-state index contributed by atoms with van der Waals surface area (Å²) in [4.78, 5) is 1.30. The molecule has 0 atom stereocenters. The van der Waals surface area contributed by atoms with Crippen molar-refractivity contribution in [1.82, 2.24) is 9.78 Å². The van der Waals surface area contributed by atoms with Crippen molar-refractivity contribution in [2.45, 2.75) is 37.3 Å². The summed E-state index contributed by atoms with van der Waals surface area (Å²) in [5, 5.41) is 4.42. The van der Waals surface area contributed by atoms with Crippen LogP contribution in [0.25, 0.3) is 0 Å². The normalized spacial score (nSPS) is 11.3. The highest BCUT2D eigenvalue weighted by Gasteiger charge is 2.10. The van der Waals surface area contributed by atoms with E-state index in [0.29, 0.717) is 5.92 Å². The van der Waals surface area contributed by atoms with Crippen molar-refractivity contribution in [3.63, 3.8) is 0 Å². The van der Waals surface area contributed by atoms with E-state index in [2.05, 4.69) is 59.1 Å². The van der Waals surface area contributed by atoms with Crippen molar-refractivity contribution in [3.05, 3.63) is 45.7 Å². The van der Waals surface area contributed by atoms with E-state index in [4.69, 9.17) is 0 Å². The predicted molar refractivity (Wildman–Crippen MR) is 85.7 cm³/mol. The zero-order valence-electron chi connectivity index (χ0n) is 11.8. The van der Waals surface area contributed by atoms with E-state index in [1.165, 1.54) is 16.2 Å². The molecule has 1 aromatic heterocycles. The van der Waals surface area contributed by atoms with Gasteiger partial charge in [-0.25, -0.2) is 0 Å². The van der Waals surface area contributed by atoms with Crippen molar-refractivity contribution in [2.75, 3.05) is 0 Å². The molecule has 2 rings (SSSR count). The number of rotatable bonds is 4. The number of hydrogen-bond acceptors (Lipinski definition) is 2. The second-order valence-electron chi connectivity index (χ2n) is 4.98. The maximum absolute atomic E-state index is 4.42. The summed E-state index contributed by atoms with van der Waals surface area (Å²) in [5.74, 6) is 1.52. The van der Waals surface area contributed by atoms with E-state index < -0.39 is 0 Å². The molecule has 4 heteroatoms. The summed E-state index contributed by atoms with van der Waals surface area (Å²) in [6.45, 7) is 6.46. The lowest BCUT2D eigenvalue weighted by Crippen LogP contribution is -1.96. The second-order valence-corrected chi connectivity index (χ2v) is 6.82. The maximum Gasteiger partial charge on any atom is 0.0738 e. The summed E-state index contributed by atoms with van der Waals surface area (Å²) in [6, 6.07) is 8.85. The van der Waals surface area contributed by atoms with Crippen molar-refractivity contribution in [3.8, 4) is 0 Å². The fraction of sp³-hybridized carbons (Fsp3) is 0.400. The van der Waals surface area contributed by atoms with Crippen LogP contribution < -0.4 is 0 Å². The van der Waals surface area contributed by atoms with Gasteiger partial charge in [-0.05, 0) is 46.5 Å². The highest BCUT2D eigenvalue weighted by atomic mass is 79.9. The van der Waals surface area contributed by atoms with Crippen LogP contribution >= 0.6 is 27.7 Å². The first-order valence-electron chi connectivity index (χ1n) is 6.39. The maximum atomic E-state index is 4.42. The summed E-state index contributed by atoms with van der Waals surface area (Å²) in [5.41, 5.74) is 3.67. The molecule has 0 bridgehead atoms. The zero-order chi connectivity index (χ0) is 14.0. The number of nitrogens with zero attached hydrogens (tertiary/aromatic N) is 2. The lowest BCUT2D eigenvalue weighted by Gasteiger charge is -2.07. The fourth-order valence-electron chi connectivity index (χ4n) is 1.94. The Kier molecular flexibility index (Phi) is 4.74. The van der Waals surface area contributed by atoms with E-state index in [1.54, 1.807) is 0 Å². The van der Waals surface area contributed by atoms with Gasteiger partial charge in [0.2, 0.25) is 0 Å². The van der Waals surface area contributed by atoms with Gasteiger partial charge in [-0.15, -0.1) is 11.8 Å². The van der Waals surface area contributed by atoms with Gasteiger partial charge in [0.15, 0.2) is 0 Å². The largest absolute Gasteiger partial charge is 0.270 e. The summed E-state index contributed by atoms with van der Waals surface area (Å²) in [6.07, 6.45) is 0. The number of aromatic nitrogens is 2. The molecule has 0 unspecified atom stereocenters. The third kappa shape index (κ3) is 3.42. The zero-order valence-corrected chi connectivity index (χ0v) is 14.2. The Morgan fingerprint density at radius 1 is 1.26 bits per heavy atom. The van der Waals surface area contributed by atoms with Crippen LogP contribution in [0, 0.1) is 6.92 Å². The fourth-order valence-corrected chi connectivity index (χ4v) is 3.56. The lowest BCUT2D eigenvalue weighted by molar-refractivity contribution is 0.727. The van der Waals surface area contributed by atoms with Crippen molar-refractivity contribution in [1.29, 1.82) is 0 Å². The molecule has 0 saturated heterocycles. The molecule has 0 saturated carbocycles. The molecular formula is C15H19BrN2S. The lowest BCUT2D eigenvalue weighted by atomic mass is 10.0. The summed E-state index contributed by atoms with van der Waals surface area (Å²) < 4.78 is 3.08. The molecule has 2 nitrogen and oxygen atoms in total. The van der Waals surface area contributed by atoms with Crippen LogP contribution in [-0.4, -0.2) is 9.78 Å². The molecule has 2 aromatic rings. The number of hydrogen-bond donors (Lipinski definition) is 0. The molecule has 102 valence electrons. The SMILES string of the molecule is Cc1nn(C)c(CSc2ccc(C(C)C)cc2)c1Br. The molecule has 1 heterocycles. The van der Waals surface area contributed by atoms with Crippen LogP contribution in [0.1, 0.15) is 36.7 Å². The molecule has 0 aliphatic heterocycles. The van der Waals surface area contributed by atoms with Crippen LogP contribution in [0.5, 0.6) is 0 Å². The minimum atomic E-state index is 0.591. The molecule has 0 N–H and O–H groups in total. The highest BCUT2D eigenvalue weighted by Crippen LogP contribution is 2.29. The van der Waals surface area contributed by atoms with Gasteiger partial charge in [0, 0.05) is 17.7 Å². The molecule has 19 heavy (non-hydrogen) atoms. The van der Waals surface area contributed by atoms with Crippen molar-refractivity contribution < 1.29 is 0 Å². The number of halogens is 1. The molecule has 0 aliphatic carbocycles. The van der Waals surface area contributed by atoms with Crippen LogP contribution in [0.2, 0.25) is 0 Å². The van der Waals surface area contributed by atoms with E-state index in [1.807, 2.05) is 30.4 Å². The van der Waals surface area contributed by atoms with Gasteiger partial charge >= 0.3 is 0 Å². The van der Waals surface area contributed by atoms with Gasteiger partial charge in [-0.3, -0.25) is 4.68 Å². The summed E-state index contributed by atoms with van der Waals surface area (Å²) in [7, 11) is 2.00. The van der Waals surface area contributed by atoms with Gasteiger partial charge in [-0.1, -0.05) is 26.0 Å². The Bertz CT molecular complexity index is 558. The van der Waals surface area contributed by atoms with Gasteiger partial charge in [0.05, 0.1) is 15.9 Å². The number of thioether (sulfide) groups is 1. The Morgan fingerprint density at radius 2 is 1.89 bits per heavy atom. The van der Waals surface area contributed by atoms with Crippen LogP contribution in [0.4, 0.5) is 0 Å². The Balaban J connectivity index is 2.06. The molecule has 0 radical (unpaired) electrons. The number of aryl methyl sites for hydroxylation is 2. The molecule has 1 aromatic carbocycles. The standard InChI is InChI=1S/C15H19BrN2S/c1-10(2)12-5-7-13(8-6-12)19-9-14-15(16)11(3)17-18(14)4/h5-8,10H,9H2,1-4H3. The highest BCUT2D eigenvalue weighted by molar-refractivity contribution is 9.10. The number of benzene rings is 1. The first-order chi connectivity index (χ1) is 8.99. The quantitative estimate of drug-likeness (QED) is 0.737. The molecule has 0 fully saturated rings. The molecular weight excluding hydrogens is 320 g/mol. The van der Waals surface area contributed by atoms with E-state index >= 15 is 0 Å². The first-order valence-corrected chi connectivity index (χ1v) is 8.17. The van der Waals surface area contributed by atoms with E-state index in [9.17, 15) is 0 Å². The Labute approximate surface area is 127 Å². The molecule has 0 spiro atoms. The predicted octanol–water partition coefficient (Wildman–Crippen LogP) is 4.91. The smallest absolute Gasteiger partial charge is 0.0738 e. The third-order valence-corrected chi connectivity index (χ3v) is 5.24. The van der Waals surface area contributed by atoms with Crippen LogP contribution in [0.3, 0.4) is 0 Å². The average Bonchev–Trinajstić information content (AvgIpc) is 2.62. The monoisotopic (exact) mass is 338 g/mol. The Morgan fingerprint density at radius 3 is 2.37 bits per heavy atom. The third-order valence-electron chi connectivity index (χ3n) is 3.18. The second kappa shape index (κ2) is 6.14. The minimum absolute atomic E-state index is 0.591. The molecule has 0 amide bonds. The molecule has 0 aliphatic rings. The van der Waals surface area contributed by atoms with Gasteiger partial charge in [0.1, 0.15) is 0 Å². The van der Waals surface area contributed by atoms with Gasteiger partial charge in [0.25, 0.3) is 0 Å². The average molecular weight is 339 g/mol. The van der Waals surface area contributed by atoms with E-state index in [-0.39, 0.29) is 0 Å². The van der Waals surface area contributed by atoms with Crippen LogP contribution in [-0.2, 0) is 12.8 Å². The van der Waals surface area contributed by atoms with Crippen LogP contribution in [0.15, 0.2) is 33.6 Å². The Hall–Kier alpha value is -0.740. The topological polar surface area (TPSA) is 17.8 Å². The van der Waals surface area contributed by atoms with Gasteiger partial charge in [-0.2, -0.15) is 5.10 Å². The summed E-state index contributed by atoms with van der Waals surface area (Å²) >= 11 is 5.45. The van der Waals surface area contributed by atoms with Gasteiger partial charge < -0.3 is 0 Å². The first kappa shape index (κ1) is 14.7. The minimum Gasteiger partial charge on any atom is -0.270 e. The van der Waals surface area contributed by atoms with Crippen molar-refractivity contribution >= 4 is 27.7 Å². The van der Waals surface area contributed by atoms with E-state index in [0.717, 1.165) is 15.9 Å².